The Labute approximate surface area is 161 Å². The molecule has 2 atom stereocenters. The van der Waals surface area contributed by atoms with Gasteiger partial charge in [0.25, 0.3) is 0 Å². The van der Waals surface area contributed by atoms with Gasteiger partial charge in [0, 0.05) is 24.2 Å². The van der Waals surface area contributed by atoms with Gasteiger partial charge < -0.3 is 4.74 Å². The maximum atomic E-state index is 13.5. The predicted octanol–water partition coefficient (Wildman–Crippen LogP) is 4.42. The molecule has 0 unspecified atom stereocenters. The van der Waals surface area contributed by atoms with E-state index in [9.17, 15) is 14.0 Å². The molecule has 0 radical (unpaired) electrons. The molecule has 2 amide bonds. The van der Waals surface area contributed by atoms with Gasteiger partial charge >= 0.3 is 6.09 Å². The molecule has 28 heavy (non-hydrogen) atoms. The molecule has 0 saturated carbocycles. The third-order valence-electron chi connectivity index (χ3n) is 5.07. The van der Waals surface area contributed by atoms with E-state index in [0.717, 1.165) is 21.2 Å². The van der Waals surface area contributed by atoms with Crippen molar-refractivity contribution in [3.8, 4) is 0 Å². The van der Waals surface area contributed by atoms with Crippen LogP contribution < -0.4 is 0 Å². The zero-order valence-corrected chi connectivity index (χ0v) is 15.3. The van der Waals surface area contributed by atoms with E-state index >= 15 is 0 Å². The summed E-state index contributed by atoms with van der Waals surface area (Å²) in [6.07, 6.45) is 2.79. The van der Waals surface area contributed by atoms with E-state index in [0.29, 0.717) is 12.0 Å². The second-order valence-electron chi connectivity index (χ2n) is 6.88. The Balaban J connectivity index is 1.49. The van der Waals surface area contributed by atoms with Crippen molar-refractivity contribution in [3.05, 3.63) is 77.9 Å². The van der Waals surface area contributed by atoms with Gasteiger partial charge in [-0.2, -0.15) is 0 Å². The predicted molar refractivity (Wildman–Crippen MR) is 102 cm³/mol. The Kier molecular flexibility index (Phi) is 4.77. The number of rotatable bonds is 4. The lowest BCUT2D eigenvalue weighted by Gasteiger charge is -2.19. The SMILES string of the molecule is C[C@H]1[C@@H](c2cccc(F)c2)OC(=O)N1C(=O)CCc1cncc2ccccc12. The monoisotopic (exact) mass is 378 g/mol. The van der Waals surface area contributed by atoms with Gasteiger partial charge in [0.2, 0.25) is 5.91 Å². The van der Waals surface area contributed by atoms with Crippen molar-refractivity contribution in [2.45, 2.75) is 31.9 Å². The van der Waals surface area contributed by atoms with E-state index in [1.807, 2.05) is 24.3 Å². The lowest BCUT2D eigenvalue weighted by atomic mass is 10.0. The number of ether oxygens (including phenoxy) is 1. The van der Waals surface area contributed by atoms with Crippen LogP contribution in [0.5, 0.6) is 0 Å². The molecule has 0 aliphatic carbocycles. The number of fused-ring (bicyclic) bond motifs is 1. The highest BCUT2D eigenvalue weighted by atomic mass is 19.1. The third-order valence-corrected chi connectivity index (χ3v) is 5.07. The van der Waals surface area contributed by atoms with Gasteiger partial charge in [0.15, 0.2) is 0 Å². The number of halogens is 1. The molecular formula is C22H19FN2O3. The zero-order valence-electron chi connectivity index (χ0n) is 15.3. The van der Waals surface area contributed by atoms with Crippen LogP contribution in [0, 0.1) is 5.82 Å². The first-order valence-corrected chi connectivity index (χ1v) is 9.14. The van der Waals surface area contributed by atoms with E-state index in [-0.39, 0.29) is 12.3 Å². The average molecular weight is 378 g/mol. The number of cyclic esters (lactones) is 1. The highest BCUT2D eigenvalue weighted by Crippen LogP contribution is 2.33. The van der Waals surface area contributed by atoms with Crippen LogP contribution in [-0.2, 0) is 16.0 Å². The minimum atomic E-state index is -0.692. The topological polar surface area (TPSA) is 59.5 Å². The highest BCUT2D eigenvalue weighted by molar-refractivity contribution is 5.94. The van der Waals surface area contributed by atoms with Gasteiger partial charge in [-0.1, -0.05) is 36.4 Å². The molecule has 5 nitrogen and oxygen atoms in total. The van der Waals surface area contributed by atoms with E-state index in [2.05, 4.69) is 4.98 Å². The molecule has 142 valence electrons. The second-order valence-corrected chi connectivity index (χ2v) is 6.88. The number of pyridine rings is 1. The van der Waals surface area contributed by atoms with Crippen LogP contribution in [0.3, 0.4) is 0 Å². The van der Waals surface area contributed by atoms with Crippen LogP contribution >= 0.6 is 0 Å². The van der Waals surface area contributed by atoms with Gasteiger partial charge in [-0.3, -0.25) is 9.78 Å². The first-order chi connectivity index (χ1) is 13.5. The van der Waals surface area contributed by atoms with Crippen molar-refractivity contribution in [1.29, 1.82) is 0 Å². The Bertz CT molecular complexity index is 1050. The van der Waals surface area contributed by atoms with Gasteiger partial charge in [-0.25, -0.2) is 14.1 Å². The van der Waals surface area contributed by atoms with Crippen molar-refractivity contribution < 1.29 is 18.7 Å². The minimum absolute atomic E-state index is 0.158. The molecule has 2 aromatic carbocycles. The third kappa shape index (κ3) is 3.33. The maximum absolute atomic E-state index is 13.5. The summed E-state index contributed by atoms with van der Waals surface area (Å²) in [4.78, 5) is 30.4. The number of nitrogens with zero attached hydrogens (tertiary/aromatic N) is 2. The molecule has 1 fully saturated rings. The number of carbonyl (C=O) groups is 2. The summed E-state index contributed by atoms with van der Waals surface area (Å²) in [6, 6.07) is 13.2. The van der Waals surface area contributed by atoms with Gasteiger partial charge in [-0.15, -0.1) is 0 Å². The molecule has 1 saturated heterocycles. The number of hydrogen-bond donors (Lipinski definition) is 0. The number of aromatic nitrogens is 1. The Hall–Kier alpha value is -3.28. The maximum Gasteiger partial charge on any atom is 0.417 e. The summed E-state index contributed by atoms with van der Waals surface area (Å²) in [5.74, 6) is -0.724. The summed E-state index contributed by atoms with van der Waals surface area (Å²) < 4.78 is 18.9. The summed E-state index contributed by atoms with van der Waals surface area (Å²) in [7, 11) is 0. The lowest BCUT2D eigenvalue weighted by Crippen LogP contribution is -2.37. The van der Waals surface area contributed by atoms with Crippen LogP contribution in [0.2, 0.25) is 0 Å². The molecule has 0 spiro atoms. The van der Waals surface area contributed by atoms with Crippen molar-refractivity contribution in [3.63, 3.8) is 0 Å². The number of amides is 2. The van der Waals surface area contributed by atoms with Crippen LogP contribution in [0.15, 0.2) is 60.9 Å². The van der Waals surface area contributed by atoms with E-state index < -0.39 is 24.1 Å². The fraction of sp³-hybridized carbons (Fsp3) is 0.227. The molecule has 2 heterocycles. The standard InChI is InChI=1S/C22H19FN2O3/c1-14-21(15-6-4-7-18(23)11-15)28-22(27)25(14)20(26)10-9-17-13-24-12-16-5-2-3-8-19(16)17/h2-8,11-14,21H,9-10H2,1H3/t14-,21-/m0/s1. The largest absolute Gasteiger partial charge is 0.439 e. The lowest BCUT2D eigenvalue weighted by molar-refractivity contribution is -0.129. The van der Waals surface area contributed by atoms with Crippen molar-refractivity contribution in [2.24, 2.45) is 0 Å². The molecule has 3 aromatic rings. The Morgan fingerprint density at radius 3 is 2.82 bits per heavy atom. The molecule has 0 bridgehead atoms. The first kappa shape index (κ1) is 18.1. The molecule has 1 aliphatic rings. The molecule has 6 heteroatoms. The van der Waals surface area contributed by atoms with E-state index in [1.165, 1.54) is 12.1 Å². The van der Waals surface area contributed by atoms with Crippen LogP contribution in [0.25, 0.3) is 10.8 Å². The van der Waals surface area contributed by atoms with Gasteiger partial charge in [-0.05, 0) is 42.0 Å². The van der Waals surface area contributed by atoms with Gasteiger partial charge in [0.1, 0.15) is 11.9 Å². The first-order valence-electron chi connectivity index (χ1n) is 9.14. The molecule has 1 aliphatic heterocycles. The summed E-state index contributed by atoms with van der Waals surface area (Å²) in [5, 5.41) is 2.05. The second kappa shape index (κ2) is 7.38. The normalized spacial score (nSPS) is 19.1. The van der Waals surface area contributed by atoms with Crippen LogP contribution in [0.4, 0.5) is 9.18 Å². The molecule has 1 aromatic heterocycles. The fourth-order valence-electron chi connectivity index (χ4n) is 3.66. The van der Waals surface area contributed by atoms with Crippen molar-refractivity contribution in [1.82, 2.24) is 9.88 Å². The smallest absolute Gasteiger partial charge is 0.417 e. The summed E-state index contributed by atoms with van der Waals surface area (Å²) in [5.41, 5.74) is 1.49. The number of benzene rings is 2. The Morgan fingerprint density at radius 1 is 1.18 bits per heavy atom. The summed E-state index contributed by atoms with van der Waals surface area (Å²) in [6.45, 7) is 1.73. The Morgan fingerprint density at radius 2 is 2.00 bits per heavy atom. The van der Waals surface area contributed by atoms with E-state index in [1.54, 1.807) is 31.5 Å². The van der Waals surface area contributed by atoms with Crippen molar-refractivity contribution in [2.75, 3.05) is 0 Å². The number of carbonyl (C=O) groups excluding carboxylic acids is 2. The average Bonchev–Trinajstić information content (AvgIpc) is 3.00. The highest BCUT2D eigenvalue weighted by Gasteiger charge is 2.43. The number of hydrogen-bond acceptors (Lipinski definition) is 4. The number of imide groups is 1. The van der Waals surface area contributed by atoms with Gasteiger partial charge in [0.05, 0.1) is 6.04 Å². The minimum Gasteiger partial charge on any atom is -0.439 e. The van der Waals surface area contributed by atoms with Crippen LogP contribution in [0.1, 0.15) is 30.6 Å². The number of aryl methyl sites for hydroxylation is 1. The molecule has 4 rings (SSSR count). The van der Waals surface area contributed by atoms with Crippen LogP contribution in [-0.4, -0.2) is 27.9 Å². The molecule has 0 N–H and O–H groups in total. The zero-order chi connectivity index (χ0) is 19.7. The molecular weight excluding hydrogens is 359 g/mol. The van der Waals surface area contributed by atoms with E-state index in [4.69, 9.17) is 4.74 Å². The summed E-state index contributed by atoms with van der Waals surface area (Å²) >= 11 is 0. The quantitative estimate of drug-likeness (QED) is 0.675. The fourth-order valence-corrected chi connectivity index (χ4v) is 3.66. The van der Waals surface area contributed by atoms with Crippen molar-refractivity contribution >= 4 is 22.8 Å².